The van der Waals surface area contributed by atoms with E-state index in [1.165, 1.54) is 12.0 Å². The minimum atomic E-state index is 0.693. The maximum absolute atomic E-state index is 5.70. The van der Waals surface area contributed by atoms with E-state index < -0.39 is 0 Å². The van der Waals surface area contributed by atoms with Crippen LogP contribution in [0.25, 0.3) is 0 Å². The topological polar surface area (TPSA) is 30.5 Å². The number of methoxy groups -OCH3 is 1. The fraction of sp³-hybridized carbons (Fsp3) is 0.538. The van der Waals surface area contributed by atoms with Crippen molar-refractivity contribution in [2.45, 2.75) is 13.0 Å². The lowest BCUT2D eigenvalue weighted by Crippen LogP contribution is -2.13. The van der Waals surface area contributed by atoms with Gasteiger partial charge >= 0.3 is 0 Å². The Morgan fingerprint density at radius 1 is 1.31 bits per heavy atom. The van der Waals surface area contributed by atoms with Crippen LogP contribution in [0.4, 0.5) is 0 Å². The van der Waals surface area contributed by atoms with Crippen molar-refractivity contribution in [1.82, 2.24) is 5.32 Å². The standard InChI is InChI=1S/C13H19NO2/c1-15-13-4-2-11(3-5-13)9-16-10-12-6-7-14-8-12/h2-5,12,14H,6-10H2,1H3. The van der Waals surface area contributed by atoms with Crippen molar-refractivity contribution in [3.05, 3.63) is 29.8 Å². The first-order chi connectivity index (χ1) is 7.88. The second-order valence-electron chi connectivity index (χ2n) is 4.22. The Balaban J connectivity index is 1.71. The van der Waals surface area contributed by atoms with E-state index in [-0.39, 0.29) is 0 Å². The summed E-state index contributed by atoms with van der Waals surface area (Å²) in [6.45, 7) is 3.79. The van der Waals surface area contributed by atoms with Crippen LogP contribution in [-0.2, 0) is 11.3 Å². The van der Waals surface area contributed by atoms with Gasteiger partial charge in [0.2, 0.25) is 0 Å². The number of hydrogen-bond donors (Lipinski definition) is 1. The number of benzene rings is 1. The SMILES string of the molecule is COc1ccc(COCC2CCNC2)cc1. The number of rotatable bonds is 5. The minimum absolute atomic E-state index is 0.693. The number of hydrogen-bond acceptors (Lipinski definition) is 3. The smallest absolute Gasteiger partial charge is 0.118 e. The third kappa shape index (κ3) is 3.22. The van der Waals surface area contributed by atoms with Gasteiger partial charge < -0.3 is 14.8 Å². The van der Waals surface area contributed by atoms with E-state index in [1.807, 2.05) is 24.3 Å². The lowest BCUT2D eigenvalue weighted by atomic mass is 10.1. The van der Waals surface area contributed by atoms with Gasteiger partial charge in [-0.2, -0.15) is 0 Å². The Labute approximate surface area is 96.8 Å². The summed E-state index contributed by atoms with van der Waals surface area (Å²) in [5.74, 6) is 1.59. The van der Waals surface area contributed by atoms with Crippen LogP contribution in [0.1, 0.15) is 12.0 Å². The summed E-state index contributed by atoms with van der Waals surface area (Å²) < 4.78 is 10.8. The monoisotopic (exact) mass is 221 g/mol. The second-order valence-corrected chi connectivity index (χ2v) is 4.22. The van der Waals surface area contributed by atoms with Crippen molar-refractivity contribution >= 4 is 0 Å². The maximum atomic E-state index is 5.70. The largest absolute Gasteiger partial charge is 0.497 e. The molecule has 88 valence electrons. The average Bonchev–Trinajstić information content (AvgIpc) is 2.83. The highest BCUT2D eigenvalue weighted by Gasteiger charge is 2.13. The molecule has 1 aliphatic heterocycles. The third-order valence-electron chi connectivity index (χ3n) is 2.94. The molecule has 1 aromatic rings. The molecule has 0 spiro atoms. The van der Waals surface area contributed by atoms with Gasteiger partial charge in [-0.05, 0) is 36.6 Å². The summed E-state index contributed by atoms with van der Waals surface area (Å²) in [4.78, 5) is 0. The molecule has 1 heterocycles. The highest BCUT2D eigenvalue weighted by atomic mass is 16.5. The number of ether oxygens (including phenoxy) is 2. The molecule has 1 N–H and O–H groups in total. The molecule has 3 nitrogen and oxygen atoms in total. The number of nitrogens with one attached hydrogen (secondary N) is 1. The first kappa shape index (κ1) is 11.4. The van der Waals surface area contributed by atoms with E-state index >= 15 is 0 Å². The van der Waals surface area contributed by atoms with Crippen molar-refractivity contribution in [1.29, 1.82) is 0 Å². The Kier molecular flexibility index (Phi) is 4.19. The molecule has 0 saturated carbocycles. The Morgan fingerprint density at radius 2 is 2.12 bits per heavy atom. The fourth-order valence-electron chi connectivity index (χ4n) is 1.92. The van der Waals surface area contributed by atoms with Crippen molar-refractivity contribution in [3.63, 3.8) is 0 Å². The first-order valence-corrected chi connectivity index (χ1v) is 5.80. The fourth-order valence-corrected chi connectivity index (χ4v) is 1.92. The molecule has 0 radical (unpaired) electrons. The molecule has 0 aromatic heterocycles. The molecule has 1 aliphatic rings. The molecule has 0 bridgehead atoms. The highest BCUT2D eigenvalue weighted by molar-refractivity contribution is 5.26. The molecule has 3 heteroatoms. The van der Waals surface area contributed by atoms with E-state index in [9.17, 15) is 0 Å². The van der Waals surface area contributed by atoms with Crippen LogP contribution in [0.5, 0.6) is 5.75 Å². The first-order valence-electron chi connectivity index (χ1n) is 5.80. The molecule has 16 heavy (non-hydrogen) atoms. The van der Waals surface area contributed by atoms with E-state index in [0.29, 0.717) is 12.5 Å². The van der Waals surface area contributed by atoms with Gasteiger partial charge in [0.1, 0.15) is 5.75 Å². The molecule has 1 aromatic carbocycles. The second kappa shape index (κ2) is 5.87. The van der Waals surface area contributed by atoms with Crippen LogP contribution in [-0.4, -0.2) is 26.8 Å². The van der Waals surface area contributed by atoms with Crippen LogP contribution >= 0.6 is 0 Å². The Bertz CT molecular complexity index is 304. The summed E-state index contributed by atoms with van der Waals surface area (Å²) in [5.41, 5.74) is 1.20. The van der Waals surface area contributed by atoms with E-state index in [1.54, 1.807) is 7.11 Å². The molecular weight excluding hydrogens is 202 g/mol. The maximum Gasteiger partial charge on any atom is 0.118 e. The van der Waals surface area contributed by atoms with E-state index in [0.717, 1.165) is 25.4 Å². The predicted octanol–water partition coefficient (Wildman–Crippen LogP) is 1.82. The zero-order valence-corrected chi connectivity index (χ0v) is 9.74. The van der Waals surface area contributed by atoms with Gasteiger partial charge in [0.05, 0.1) is 20.3 Å². The van der Waals surface area contributed by atoms with E-state index in [4.69, 9.17) is 9.47 Å². The van der Waals surface area contributed by atoms with Crippen molar-refractivity contribution < 1.29 is 9.47 Å². The molecule has 1 fully saturated rings. The lowest BCUT2D eigenvalue weighted by molar-refractivity contribution is 0.0924. The van der Waals surface area contributed by atoms with Crippen LogP contribution in [0, 0.1) is 5.92 Å². The predicted molar refractivity (Wildman–Crippen MR) is 63.6 cm³/mol. The molecular formula is C13H19NO2. The van der Waals surface area contributed by atoms with Crippen molar-refractivity contribution in [2.75, 3.05) is 26.8 Å². The average molecular weight is 221 g/mol. The normalized spacial score (nSPS) is 19.9. The van der Waals surface area contributed by atoms with Gasteiger partial charge in [-0.1, -0.05) is 12.1 Å². The minimum Gasteiger partial charge on any atom is -0.497 e. The summed E-state index contributed by atoms with van der Waals surface area (Å²) in [6.07, 6.45) is 1.24. The van der Waals surface area contributed by atoms with Crippen molar-refractivity contribution in [2.24, 2.45) is 5.92 Å². The molecule has 1 unspecified atom stereocenters. The van der Waals surface area contributed by atoms with Crippen molar-refractivity contribution in [3.8, 4) is 5.75 Å². The lowest BCUT2D eigenvalue weighted by Gasteiger charge is -2.09. The van der Waals surface area contributed by atoms with Gasteiger partial charge in [-0.15, -0.1) is 0 Å². The third-order valence-corrected chi connectivity index (χ3v) is 2.94. The van der Waals surface area contributed by atoms with Crippen LogP contribution in [0.2, 0.25) is 0 Å². The van der Waals surface area contributed by atoms with Crippen LogP contribution < -0.4 is 10.1 Å². The molecule has 1 atom stereocenters. The Morgan fingerprint density at radius 3 is 2.75 bits per heavy atom. The molecule has 1 saturated heterocycles. The summed E-state index contributed by atoms with van der Waals surface area (Å²) >= 11 is 0. The highest BCUT2D eigenvalue weighted by Crippen LogP contribution is 2.13. The zero-order chi connectivity index (χ0) is 11.2. The quantitative estimate of drug-likeness (QED) is 0.822. The Hall–Kier alpha value is -1.06. The van der Waals surface area contributed by atoms with E-state index in [2.05, 4.69) is 5.32 Å². The molecule has 2 rings (SSSR count). The zero-order valence-electron chi connectivity index (χ0n) is 9.74. The summed E-state index contributed by atoms with van der Waals surface area (Å²) in [6, 6.07) is 8.03. The van der Waals surface area contributed by atoms with Gasteiger partial charge in [0.25, 0.3) is 0 Å². The van der Waals surface area contributed by atoms with Gasteiger partial charge in [0.15, 0.2) is 0 Å². The van der Waals surface area contributed by atoms with Gasteiger partial charge in [0, 0.05) is 6.54 Å². The summed E-state index contributed by atoms with van der Waals surface area (Å²) in [7, 11) is 1.68. The van der Waals surface area contributed by atoms with Crippen LogP contribution in [0.15, 0.2) is 24.3 Å². The summed E-state index contributed by atoms with van der Waals surface area (Å²) in [5, 5.41) is 3.34. The molecule has 0 amide bonds. The van der Waals surface area contributed by atoms with Gasteiger partial charge in [-0.3, -0.25) is 0 Å². The van der Waals surface area contributed by atoms with Gasteiger partial charge in [-0.25, -0.2) is 0 Å². The van der Waals surface area contributed by atoms with Crippen LogP contribution in [0.3, 0.4) is 0 Å². The molecule has 0 aliphatic carbocycles.